The average Bonchev–Trinajstić information content (AvgIpc) is 2.15. The number of phenolic OH excluding ortho intramolecular Hbond substituents is 2. The summed E-state index contributed by atoms with van der Waals surface area (Å²) in [6.45, 7) is 1.60. The number of phenols is 2. The molecular formula is C11H14N2O4. The molecule has 6 heteroatoms. The molecule has 0 radical (unpaired) electrons. The molecule has 0 spiro atoms. The fourth-order valence-electron chi connectivity index (χ4n) is 1.41. The zero-order valence-electron chi connectivity index (χ0n) is 9.30. The van der Waals surface area contributed by atoms with Crippen LogP contribution in [0.25, 0.3) is 0 Å². The van der Waals surface area contributed by atoms with E-state index >= 15 is 0 Å². The van der Waals surface area contributed by atoms with Crippen LogP contribution in [-0.2, 0) is 4.79 Å². The van der Waals surface area contributed by atoms with Crippen molar-refractivity contribution in [1.82, 2.24) is 5.32 Å². The van der Waals surface area contributed by atoms with Gasteiger partial charge in [-0.25, -0.2) is 0 Å². The van der Waals surface area contributed by atoms with Crippen molar-refractivity contribution >= 4 is 11.8 Å². The molecule has 1 atom stereocenters. The van der Waals surface area contributed by atoms with Gasteiger partial charge in [-0.2, -0.15) is 0 Å². The molecule has 2 amide bonds. The van der Waals surface area contributed by atoms with E-state index in [4.69, 9.17) is 5.73 Å². The van der Waals surface area contributed by atoms with Gasteiger partial charge in [0.1, 0.15) is 17.1 Å². The number of carbonyl (C=O) groups excluding carboxylic acids is 2. The van der Waals surface area contributed by atoms with E-state index in [9.17, 15) is 19.8 Å². The Balaban J connectivity index is 2.80. The van der Waals surface area contributed by atoms with Crippen LogP contribution < -0.4 is 11.1 Å². The molecule has 0 aliphatic heterocycles. The third kappa shape index (κ3) is 3.37. The molecule has 0 heterocycles. The van der Waals surface area contributed by atoms with Crippen molar-refractivity contribution in [2.75, 3.05) is 0 Å². The largest absolute Gasteiger partial charge is 0.507 e. The van der Waals surface area contributed by atoms with Crippen LogP contribution in [-0.4, -0.2) is 28.1 Å². The van der Waals surface area contributed by atoms with Crippen LogP contribution in [0, 0.1) is 0 Å². The maximum Gasteiger partial charge on any atom is 0.259 e. The molecule has 0 bridgehead atoms. The van der Waals surface area contributed by atoms with Gasteiger partial charge in [0.15, 0.2) is 0 Å². The van der Waals surface area contributed by atoms with E-state index in [-0.39, 0.29) is 23.5 Å². The summed E-state index contributed by atoms with van der Waals surface area (Å²) in [4.78, 5) is 22.3. The number of benzene rings is 1. The lowest BCUT2D eigenvalue weighted by molar-refractivity contribution is -0.118. The normalized spacial score (nSPS) is 11.8. The Morgan fingerprint density at radius 3 is 2.35 bits per heavy atom. The number of hydrogen-bond acceptors (Lipinski definition) is 4. The van der Waals surface area contributed by atoms with Crippen molar-refractivity contribution in [1.29, 1.82) is 0 Å². The summed E-state index contributed by atoms with van der Waals surface area (Å²) < 4.78 is 0. The Morgan fingerprint density at radius 2 is 1.88 bits per heavy atom. The first-order chi connectivity index (χ1) is 7.91. The quantitative estimate of drug-likeness (QED) is 0.595. The molecule has 92 valence electrons. The summed E-state index contributed by atoms with van der Waals surface area (Å²) in [6, 6.07) is 3.51. The summed E-state index contributed by atoms with van der Waals surface area (Å²) in [6.07, 6.45) is -0.0138. The van der Waals surface area contributed by atoms with E-state index in [0.717, 1.165) is 0 Å². The third-order valence-electron chi connectivity index (χ3n) is 2.13. The Morgan fingerprint density at radius 1 is 1.35 bits per heavy atom. The Bertz CT molecular complexity index is 425. The molecule has 0 saturated heterocycles. The number of carbonyl (C=O) groups is 2. The zero-order valence-corrected chi connectivity index (χ0v) is 9.30. The van der Waals surface area contributed by atoms with Gasteiger partial charge in [0.25, 0.3) is 5.91 Å². The van der Waals surface area contributed by atoms with Gasteiger partial charge in [-0.05, 0) is 19.1 Å². The van der Waals surface area contributed by atoms with Crippen LogP contribution >= 0.6 is 0 Å². The summed E-state index contributed by atoms with van der Waals surface area (Å²) in [5, 5.41) is 21.3. The summed E-state index contributed by atoms with van der Waals surface area (Å²) in [5.41, 5.74) is 4.76. The minimum atomic E-state index is -0.658. The van der Waals surface area contributed by atoms with E-state index in [1.807, 2.05) is 0 Å². The van der Waals surface area contributed by atoms with Crippen LogP contribution in [0.5, 0.6) is 11.5 Å². The van der Waals surface area contributed by atoms with Crippen molar-refractivity contribution in [3.05, 3.63) is 23.8 Å². The van der Waals surface area contributed by atoms with E-state index < -0.39 is 17.9 Å². The first kappa shape index (κ1) is 12.8. The lowest BCUT2D eigenvalue weighted by Crippen LogP contribution is -2.35. The highest BCUT2D eigenvalue weighted by Gasteiger charge is 2.18. The third-order valence-corrected chi connectivity index (χ3v) is 2.13. The van der Waals surface area contributed by atoms with Crippen molar-refractivity contribution < 1.29 is 19.8 Å². The number of nitrogens with one attached hydrogen (secondary N) is 1. The number of rotatable bonds is 4. The van der Waals surface area contributed by atoms with E-state index in [1.165, 1.54) is 18.2 Å². The van der Waals surface area contributed by atoms with Crippen LogP contribution in [0.2, 0.25) is 0 Å². The number of nitrogens with two attached hydrogens (primary N) is 1. The first-order valence-corrected chi connectivity index (χ1v) is 5.02. The van der Waals surface area contributed by atoms with Crippen LogP contribution in [0.3, 0.4) is 0 Å². The van der Waals surface area contributed by atoms with Gasteiger partial charge in [-0.3, -0.25) is 9.59 Å². The smallest absolute Gasteiger partial charge is 0.259 e. The fourth-order valence-corrected chi connectivity index (χ4v) is 1.41. The monoisotopic (exact) mass is 238 g/mol. The molecule has 0 fully saturated rings. The molecule has 0 aliphatic carbocycles. The van der Waals surface area contributed by atoms with Crippen molar-refractivity contribution in [2.45, 2.75) is 19.4 Å². The predicted octanol–water partition coefficient (Wildman–Crippen LogP) is 0.0915. The highest BCUT2D eigenvalue weighted by atomic mass is 16.3. The average molecular weight is 238 g/mol. The maximum atomic E-state index is 11.7. The van der Waals surface area contributed by atoms with E-state index in [0.29, 0.717) is 0 Å². The number of amides is 2. The summed E-state index contributed by atoms with van der Waals surface area (Å²) >= 11 is 0. The molecule has 0 aliphatic rings. The molecule has 1 rings (SSSR count). The van der Waals surface area contributed by atoms with Crippen molar-refractivity contribution in [3.63, 3.8) is 0 Å². The second-order valence-corrected chi connectivity index (χ2v) is 3.72. The van der Waals surface area contributed by atoms with Gasteiger partial charge in [0.2, 0.25) is 5.91 Å². The fraction of sp³-hybridized carbons (Fsp3) is 0.273. The molecule has 1 unspecified atom stereocenters. The molecule has 1 aromatic carbocycles. The standard InChI is InChI=1S/C11H14N2O4/c1-6(5-9(12)16)13-11(17)10-7(14)3-2-4-8(10)15/h2-4,6,14-15H,5H2,1H3,(H2,12,16)(H,13,17). The summed E-state index contributed by atoms with van der Waals surface area (Å²) in [7, 11) is 0. The molecule has 0 aromatic heterocycles. The zero-order chi connectivity index (χ0) is 13.0. The number of aromatic hydroxyl groups is 2. The van der Waals surface area contributed by atoms with Gasteiger partial charge < -0.3 is 21.3 Å². The maximum absolute atomic E-state index is 11.7. The van der Waals surface area contributed by atoms with Crippen molar-refractivity contribution in [3.8, 4) is 11.5 Å². The Labute approximate surface area is 98.1 Å². The minimum absolute atomic E-state index is 0.0138. The van der Waals surface area contributed by atoms with Gasteiger partial charge in [-0.15, -0.1) is 0 Å². The second kappa shape index (κ2) is 5.20. The second-order valence-electron chi connectivity index (χ2n) is 3.72. The molecule has 0 saturated carbocycles. The Hall–Kier alpha value is -2.24. The lowest BCUT2D eigenvalue weighted by Gasteiger charge is -2.13. The highest BCUT2D eigenvalue weighted by Crippen LogP contribution is 2.25. The molecule has 17 heavy (non-hydrogen) atoms. The van der Waals surface area contributed by atoms with Crippen LogP contribution in [0.4, 0.5) is 0 Å². The SMILES string of the molecule is CC(CC(N)=O)NC(=O)c1c(O)cccc1O. The lowest BCUT2D eigenvalue weighted by atomic mass is 10.1. The highest BCUT2D eigenvalue weighted by molar-refractivity contribution is 5.99. The molecule has 1 aromatic rings. The topological polar surface area (TPSA) is 113 Å². The van der Waals surface area contributed by atoms with Gasteiger partial charge >= 0.3 is 0 Å². The van der Waals surface area contributed by atoms with Gasteiger partial charge in [0, 0.05) is 12.5 Å². The molecule has 6 nitrogen and oxygen atoms in total. The van der Waals surface area contributed by atoms with E-state index in [1.54, 1.807) is 6.92 Å². The first-order valence-electron chi connectivity index (χ1n) is 5.02. The van der Waals surface area contributed by atoms with Gasteiger partial charge in [-0.1, -0.05) is 6.07 Å². The minimum Gasteiger partial charge on any atom is -0.507 e. The molecule has 5 N–H and O–H groups in total. The number of primary amides is 1. The Kier molecular flexibility index (Phi) is 3.92. The molecular weight excluding hydrogens is 224 g/mol. The summed E-state index contributed by atoms with van der Waals surface area (Å²) in [5.74, 6) is -1.85. The van der Waals surface area contributed by atoms with Crippen LogP contribution in [0.15, 0.2) is 18.2 Å². The van der Waals surface area contributed by atoms with E-state index in [2.05, 4.69) is 5.32 Å². The number of hydrogen-bond donors (Lipinski definition) is 4. The predicted molar refractivity (Wildman–Crippen MR) is 60.5 cm³/mol. The van der Waals surface area contributed by atoms with Crippen molar-refractivity contribution in [2.24, 2.45) is 5.73 Å². The van der Waals surface area contributed by atoms with Crippen LogP contribution in [0.1, 0.15) is 23.7 Å². The van der Waals surface area contributed by atoms with Gasteiger partial charge in [0.05, 0.1) is 0 Å².